The van der Waals surface area contributed by atoms with E-state index in [1.807, 2.05) is 30.0 Å². The first-order valence-electron chi connectivity index (χ1n) is 16.1. The van der Waals surface area contributed by atoms with Gasteiger partial charge in [0.2, 0.25) is 0 Å². The molecule has 1 unspecified atom stereocenters. The van der Waals surface area contributed by atoms with Crippen LogP contribution in [0.15, 0.2) is 12.1 Å². The Labute approximate surface area is 290 Å². The molecule has 2 aromatic carbocycles. The van der Waals surface area contributed by atoms with Crippen LogP contribution in [0.4, 0.5) is 24.0 Å². The molecule has 5 heterocycles. The predicted molar refractivity (Wildman–Crippen MR) is 183 cm³/mol. The number of ether oxygens (including phenoxy) is 2. The highest BCUT2D eigenvalue weighted by atomic mass is 35.5. The summed E-state index contributed by atoms with van der Waals surface area (Å²) in [6.45, 7) is 2.45. The minimum Gasteiger partial charge on any atom is -0.489 e. The first-order chi connectivity index (χ1) is 23.6. The number of nitriles is 2. The van der Waals surface area contributed by atoms with Crippen LogP contribution in [0.3, 0.4) is 0 Å². The number of rotatable bonds is 9. The molecule has 0 aliphatic carbocycles. The molecular formula is C34H34ClF3N8O2S. The van der Waals surface area contributed by atoms with E-state index >= 15 is 8.78 Å². The van der Waals surface area contributed by atoms with Crippen LogP contribution in [-0.4, -0.2) is 91.0 Å². The van der Waals surface area contributed by atoms with Crippen molar-refractivity contribution < 1.29 is 22.6 Å². The predicted octanol–water partition coefficient (Wildman–Crippen LogP) is 6.28. The first-order valence-corrected chi connectivity index (χ1v) is 17.3. The molecule has 2 fully saturated rings. The second-order valence-electron chi connectivity index (χ2n) is 13.2. The van der Waals surface area contributed by atoms with Gasteiger partial charge in [0.25, 0.3) is 0 Å². The summed E-state index contributed by atoms with van der Waals surface area (Å²) >= 11 is 7.93. The Bertz CT molecular complexity index is 2050. The van der Waals surface area contributed by atoms with E-state index in [1.165, 1.54) is 12.1 Å². The van der Waals surface area contributed by atoms with Gasteiger partial charge in [0.05, 0.1) is 44.7 Å². The lowest BCUT2D eigenvalue weighted by molar-refractivity contribution is 0.107. The zero-order valence-electron chi connectivity index (χ0n) is 27.0. The second kappa shape index (κ2) is 13.0. The number of fused-ring (bicyclic) bond motifs is 2. The van der Waals surface area contributed by atoms with Crippen LogP contribution in [0.2, 0.25) is 5.02 Å². The van der Waals surface area contributed by atoms with Crippen LogP contribution in [0.25, 0.3) is 32.1 Å². The molecule has 3 aliphatic heterocycles. The Kier molecular flexibility index (Phi) is 8.86. The van der Waals surface area contributed by atoms with E-state index < -0.39 is 29.4 Å². The number of thiophene rings is 1. The summed E-state index contributed by atoms with van der Waals surface area (Å²) in [4.78, 5) is 15.5. The fourth-order valence-corrected chi connectivity index (χ4v) is 8.88. The number of nitrogens with zero attached hydrogens (tertiary/aromatic N) is 7. The van der Waals surface area contributed by atoms with Gasteiger partial charge in [-0.25, -0.2) is 13.2 Å². The van der Waals surface area contributed by atoms with Gasteiger partial charge in [-0.05, 0) is 58.1 Å². The molecule has 3 aliphatic rings. The van der Waals surface area contributed by atoms with Crippen molar-refractivity contribution in [3.05, 3.63) is 34.4 Å². The largest absolute Gasteiger partial charge is 0.489 e. The van der Waals surface area contributed by atoms with E-state index in [9.17, 15) is 14.9 Å². The fourth-order valence-electron chi connectivity index (χ4n) is 7.60. The number of aromatic nitrogens is 2. The van der Waals surface area contributed by atoms with E-state index in [2.05, 4.69) is 16.0 Å². The van der Waals surface area contributed by atoms with Crippen molar-refractivity contribution in [3.63, 3.8) is 0 Å². The minimum absolute atomic E-state index is 0.00787. The highest BCUT2D eigenvalue weighted by Gasteiger charge is 2.49. The zero-order valence-corrected chi connectivity index (χ0v) is 28.6. The highest BCUT2D eigenvalue weighted by Crippen LogP contribution is 2.51. The third kappa shape index (κ3) is 5.65. The Morgan fingerprint density at radius 1 is 1.24 bits per heavy atom. The van der Waals surface area contributed by atoms with Gasteiger partial charge >= 0.3 is 6.01 Å². The zero-order chi connectivity index (χ0) is 34.6. The quantitative estimate of drug-likeness (QED) is 0.212. The summed E-state index contributed by atoms with van der Waals surface area (Å²) in [7, 11) is 3.92. The van der Waals surface area contributed by atoms with Gasteiger partial charge in [0.15, 0.2) is 11.6 Å². The number of nitrogen functional groups attached to an aromatic ring is 1. The molecule has 0 amide bonds. The molecule has 2 N–H and O–H groups in total. The van der Waals surface area contributed by atoms with Gasteiger partial charge in [-0.1, -0.05) is 17.7 Å². The van der Waals surface area contributed by atoms with E-state index in [0.717, 1.165) is 37.3 Å². The van der Waals surface area contributed by atoms with Crippen molar-refractivity contribution in [2.24, 2.45) is 0 Å². The van der Waals surface area contributed by atoms with Gasteiger partial charge in [0, 0.05) is 30.5 Å². The number of alkyl halides is 1. The van der Waals surface area contributed by atoms with E-state index in [1.54, 1.807) is 0 Å². The lowest BCUT2D eigenvalue weighted by Crippen LogP contribution is -2.43. The third-order valence-electron chi connectivity index (χ3n) is 9.84. The molecule has 0 saturated carbocycles. The lowest BCUT2D eigenvalue weighted by atomic mass is 9.95. The maximum Gasteiger partial charge on any atom is 0.319 e. The SMILES string of the molecule is CN(C)CCCN1c2nc(OC[C@@]34CCCN3C[C@H](F)C4)nc3c(F)c(-c4ccc(F)c5sc(N)c(C#N)c45)c(Cl)c(c23)OCC1CC#N. The van der Waals surface area contributed by atoms with Gasteiger partial charge in [-0.15, -0.1) is 11.3 Å². The molecule has 0 spiro atoms. The summed E-state index contributed by atoms with van der Waals surface area (Å²) < 4.78 is 59.5. The van der Waals surface area contributed by atoms with Crippen molar-refractivity contribution in [1.29, 1.82) is 10.5 Å². The molecule has 15 heteroatoms. The van der Waals surface area contributed by atoms with Crippen molar-refractivity contribution >= 4 is 54.7 Å². The number of halogens is 4. The molecule has 4 aromatic rings. The van der Waals surface area contributed by atoms with Gasteiger partial charge in [-0.2, -0.15) is 20.5 Å². The van der Waals surface area contributed by atoms with Crippen molar-refractivity contribution in [3.8, 4) is 35.0 Å². The highest BCUT2D eigenvalue weighted by molar-refractivity contribution is 7.23. The minimum atomic E-state index is -0.969. The van der Waals surface area contributed by atoms with Gasteiger partial charge in [0.1, 0.15) is 47.6 Å². The maximum atomic E-state index is 17.2. The Morgan fingerprint density at radius 3 is 2.82 bits per heavy atom. The van der Waals surface area contributed by atoms with E-state index in [0.29, 0.717) is 31.7 Å². The lowest BCUT2D eigenvalue weighted by Gasteiger charge is -2.32. The molecule has 7 rings (SSSR count). The van der Waals surface area contributed by atoms with Crippen molar-refractivity contribution in [2.45, 2.75) is 49.9 Å². The van der Waals surface area contributed by atoms with Gasteiger partial charge in [-0.3, -0.25) is 4.90 Å². The van der Waals surface area contributed by atoms with Crippen LogP contribution in [0.1, 0.15) is 37.7 Å². The monoisotopic (exact) mass is 710 g/mol. The maximum absolute atomic E-state index is 17.2. The summed E-state index contributed by atoms with van der Waals surface area (Å²) in [5.41, 5.74) is 5.45. The molecule has 49 heavy (non-hydrogen) atoms. The van der Waals surface area contributed by atoms with Crippen molar-refractivity contribution in [2.75, 3.05) is 64.1 Å². The number of hydrogen-bond acceptors (Lipinski definition) is 11. The summed E-state index contributed by atoms with van der Waals surface area (Å²) in [5.74, 6) is -1.06. The topological polar surface area (TPSA) is 128 Å². The van der Waals surface area contributed by atoms with E-state index in [4.69, 9.17) is 31.8 Å². The van der Waals surface area contributed by atoms with Crippen LogP contribution in [0.5, 0.6) is 11.8 Å². The summed E-state index contributed by atoms with van der Waals surface area (Å²) in [5, 5.41) is 20.1. The fraction of sp³-hybridized carbons (Fsp3) is 0.471. The Morgan fingerprint density at radius 2 is 2.06 bits per heavy atom. The van der Waals surface area contributed by atoms with Crippen LogP contribution in [-0.2, 0) is 0 Å². The first kappa shape index (κ1) is 33.4. The molecule has 256 valence electrons. The smallest absolute Gasteiger partial charge is 0.319 e. The molecular weight excluding hydrogens is 677 g/mol. The van der Waals surface area contributed by atoms with Crippen LogP contribution >= 0.6 is 22.9 Å². The number of benzene rings is 2. The Hall–Kier alpha value is -4.08. The normalized spacial score (nSPS) is 21.9. The van der Waals surface area contributed by atoms with Gasteiger partial charge < -0.3 is 25.0 Å². The molecule has 10 nitrogen and oxygen atoms in total. The molecule has 3 atom stereocenters. The van der Waals surface area contributed by atoms with Crippen molar-refractivity contribution in [1.82, 2.24) is 19.8 Å². The van der Waals surface area contributed by atoms with Crippen LogP contribution < -0.4 is 20.1 Å². The second-order valence-corrected chi connectivity index (χ2v) is 14.6. The average molecular weight is 711 g/mol. The molecule has 0 bridgehead atoms. The molecule has 0 radical (unpaired) electrons. The standard InChI is InChI=1S/C34H34ClF3N8O2S/c1-44(2)10-4-12-46-19(7-9-39)16-47-29-25-28(42-33(43-32(25)46)48-17-34-8-3-11-45(34)15-18(36)13-34)27(38)24(26(29)35)20-5-6-22(37)30-23(20)21(14-40)31(41)49-30/h5-6,18-19H,3-4,7-8,10-13,15-17,41H2,1-2H3/t18-,19?,34+/m1/s1. The van der Waals surface area contributed by atoms with Crippen LogP contribution in [0, 0.1) is 34.3 Å². The Balaban J connectivity index is 1.45. The number of nitrogens with two attached hydrogens (primary N) is 1. The summed E-state index contributed by atoms with van der Waals surface area (Å²) in [6.07, 6.45) is 1.80. The average Bonchev–Trinajstić information content (AvgIpc) is 3.68. The third-order valence-corrected chi connectivity index (χ3v) is 11.2. The number of anilines is 2. The molecule has 2 saturated heterocycles. The summed E-state index contributed by atoms with van der Waals surface area (Å²) in [6, 6.07) is 6.20. The van der Waals surface area contributed by atoms with E-state index in [-0.39, 0.29) is 79.1 Å². The molecule has 2 aromatic heterocycles. The number of hydrogen-bond donors (Lipinski definition) is 1.